The molecule has 0 radical (unpaired) electrons. The highest BCUT2D eigenvalue weighted by molar-refractivity contribution is 5.91. The normalized spacial score (nSPS) is 10.7. The van der Waals surface area contributed by atoms with Crippen LogP contribution in [-0.4, -0.2) is 35.5 Å². The highest BCUT2D eigenvalue weighted by Crippen LogP contribution is 2.10. The maximum absolute atomic E-state index is 13.4. The van der Waals surface area contributed by atoms with E-state index in [0.717, 1.165) is 12.4 Å². The van der Waals surface area contributed by atoms with Gasteiger partial charge in [-0.1, -0.05) is 18.2 Å². The van der Waals surface area contributed by atoms with Gasteiger partial charge in [-0.15, -0.1) is 0 Å². The number of carbonyl (C=O) groups excluding carboxylic acids is 1. The van der Waals surface area contributed by atoms with Crippen LogP contribution in [0.25, 0.3) is 6.08 Å². The van der Waals surface area contributed by atoms with Gasteiger partial charge in [-0.2, -0.15) is 0 Å². The molecule has 0 fully saturated rings. The number of nitrogens with one attached hydrogen (secondary N) is 3. The molecule has 0 aliphatic carbocycles. The molecule has 3 N–H and O–H groups in total. The molecule has 0 atom stereocenters. The second kappa shape index (κ2) is 9.36. The Balaban J connectivity index is 1.77. The minimum absolute atomic E-state index is 0.280. The Bertz CT molecular complexity index is 748. The Morgan fingerprint density at radius 1 is 1.16 bits per heavy atom. The first kappa shape index (κ1) is 18.4. The van der Waals surface area contributed by atoms with Crippen molar-refractivity contribution in [2.24, 2.45) is 0 Å². The van der Waals surface area contributed by atoms with Gasteiger partial charge in [0.25, 0.3) is 0 Å². The lowest BCUT2D eigenvalue weighted by atomic mass is 10.2. The largest absolute Gasteiger partial charge is 0.370 e. The first-order valence-corrected chi connectivity index (χ1v) is 8.12. The Labute approximate surface area is 146 Å². The van der Waals surface area contributed by atoms with Crippen molar-refractivity contribution in [3.05, 3.63) is 53.6 Å². The molecular weight excluding hydrogens is 321 g/mol. The summed E-state index contributed by atoms with van der Waals surface area (Å²) >= 11 is 0. The third-order valence-electron chi connectivity index (χ3n) is 3.25. The quantitative estimate of drug-likeness (QED) is 0.507. The smallest absolute Gasteiger partial charge is 0.244 e. The molecule has 0 spiro atoms. The predicted octanol–water partition coefficient (Wildman–Crippen LogP) is 2.60. The topological polar surface area (TPSA) is 78.9 Å². The van der Waals surface area contributed by atoms with Crippen LogP contribution < -0.4 is 16.0 Å². The zero-order valence-electron chi connectivity index (χ0n) is 14.3. The van der Waals surface area contributed by atoms with E-state index in [0.29, 0.717) is 30.3 Å². The fourth-order valence-electron chi connectivity index (χ4n) is 2.14. The molecular formula is C18H22FN5O. The SMILES string of the molecule is CCNc1cc(NCCNC(=O)/C=C/c2ccccc2F)nc(C)n1. The number of hydrogen-bond acceptors (Lipinski definition) is 5. The Hall–Kier alpha value is -2.96. The number of hydrogen-bond donors (Lipinski definition) is 3. The number of rotatable bonds is 8. The maximum atomic E-state index is 13.4. The van der Waals surface area contributed by atoms with Gasteiger partial charge in [0.1, 0.15) is 23.3 Å². The van der Waals surface area contributed by atoms with E-state index < -0.39 is 0 Å². The van der Waals surface area contributed by atoms with Gasteiger partial charge < -0.3 is 16.0 Å². The molecule has 0 saturated carbocycles. The lowest BCUT2D eigenvalue weighted by Crippen LogP contribution is -2.27. The zero-order chi connectivity index (χ0) is 18.1. The van der Waals surface area contributed by atoms with Crippen LogP contribution in [0, 0.1) is 12.7 Å². The third kappa shape index (κ3) is 6.21. The van der Waals surface area contributed by atoms with E-state index in [-0.39, 0.29) is 11.7 Å². The first-order valence-electron chi connectivity index (χ1n) is 8.12. The van der Waals surface area contributed by atoms with Crippen molar-refractivity contribution in [1.82, 2.24) is 15.3 Å². The van der Waals surface area contributed by atoms with Gasteiger partial charge in [0.15, 0.2) is 0 Å². The molecule has 0 unspecified atom stereocenters. The van der Waals surface area contributed by atoms with Gasteiger partial charge in [0.2, 0.25) is 5.91 Å². The number of aromatic nitrogens is 2. The molecule has 6 nitrogen and oxygen atoms in total. The Morgan fingerprint density at radius 2 is 1.88 bits per heavy atom. The number of nitrogens with zero attached hydrogens (tertiary/aromatic N) is 2. The predicted molar refractivity (Wildman–Crippen MR) is 97.9 cm³/mol. The summed E-state index contributed by atoms with van der Waals surface area (Å²) in [4.78, 5) is 20.3. The van der Waals surface area contributed by atoms with Crippen LogP contribution in [0.5, 0.6) is 0 Å². The summed E-state index contributed by atoms with van der Waals surface area (Å²) in [7, 11) is 0. The fraction of sp³-hybridized carbons (Fsp3) is 0.278. The van der Waals surface area contributed by atoms with Crippen LogP contribution >= 0.6 is 0 Å². The summed E-state index contributed by atoms with van der Waals surface area (Å²) in [6.07, 6.45) is 2.77. The van der Waals surface area contributed by atoms with Gasteiger partial charge in [0, 0.05) is 37.3 Å². The maximum Gasteiger partial charge on any atom is 0.244 e. The highest BCUT2D eigenvalue weighted by atomic mass is 19.1. The number of halogens is 1. The molecule has 0 aliphatic rings. The summed E-state index contributed by atoms with van der Waals surface area (Å²) in [5, 5.41) is 8.99. The molecule has 132 valence electrons. The van der Waals surface area contributed by atoms with Crippen molar-refractivity contribution < 1.29 is 9.18 Å². The molecule has 7 heteroatoms. The van der Waals surface area contributed by atoms with E-state index in [4.69, 9.17) is 0 Å². The second-order valence-corrected chi connectivity index (χ2v) is 5.29. The van der Waals surface area contributed by atoms with E-state index in [1.165, 1.54) is 18.2 Å². The van der Waals surface area contributed by atoms with Gasteiger partial charge in [-0.3, -0.25) is 4.79 Å². The van der Waals surface area contributed by atoms with E-state index in [1.807, 2.05) is 19.9 Å². The van der Waals surface area contributed by atoms with E-state index in [9.17, 15) is 9.18 Å². The highest BCUT2D eigenvalue weighted by Gasteiger charge is 2.01. The van der Waals surface area contributed by atoms with Crippen LogP contribution in [0.4, 0.5) is 16.0 Å². The van der Waals surface area contributed by atoms with Gasteiger partial charge in [0.05, 0.1) is 0 Å². The summed E-state index contributed by atoms with van der Waals surface area (Å²) in [6, 6.07) is 8.11. The standard InChI is InChI=1S/C18H22FN5O/c1-3-20-16-12-17(24-13(2)23-16)21-10-11-22-18(25)9-8-14-6-4-5-7-15(14)19/h4-9,12H,3,10-11H2,1-2H3,(H,22,25)(H2,20,21,23,24)/b9-8+. The van der Waals surface area contributed by atoms with E-state index in [1.54, 1.807) is 18.2 Å². The zero-order valence-corrected chi connectivity index (χ0v) is 14.3. The molecule has 2 rings (SSSR count). The number of anilines is 2. The molecule has 0 bridgehead atoms. The van der Waals surface area contributed by atoms with Crippen LogP contribution in [-0.2, 0) is 4.79 Å². The minimum atomic E-state index is -0.358. The fourth-order valence-corrected chi connectivity index (χ4v) is 2.14. The molecule has 2 aromatic rings. The molecule has 0 aliphatic heterocycles. The van der Waals surface area contributed by atoms with Crippen molar-refractivity contribution in [3.63, 3.8) is 0 Å². The summed E-state index contributed by atoms with van der Waals surface area (Å²) in [6.45, 7) is 5.53. The first-order chi connectivity index (χ1) is 12.1. The monoisotopic (exact) mass is 343 g/mol. The average molecular weight is 343 g/mol. The Kier molecular flexibility index (Phi) is 6.88. The van der Waals surface area contributed by atoms with Crippen molar-refractivity contribution >= 4 is 23.6 Å². The summed E-state index contributed by atoms with van der Waals surface area (Å²) in [5.74, 6) is 1.48. The van der Waals surface area contributed by atoms with Crippen molar-refractivity contribution in [3.8, 4) is 0 Å². The molecule has 1 aromatic heterocycles. The second-order valence-electron chi connectivity index (χ2n) is 5.29. The molecule has 0 saturated heterocycles. The minimum Gasteiger partial charge on any atom is -0.370 e. The van der Waals surface area contributed by atoms with Crippen molar-refractivity contribution in [1.29, 1.82) is 0 Å². The van der Waals surface area contributed by atoms with Crippen LogP contribution in [0.15, 0.2) is 36.4 Å². The van der Waals surface area contributed by atoms with Gasteiger partial charge >= 0.3 is 0 Å². The average Bonchev–Trinajstić information content (AvgIpc) is 2.58. The van der Waals surface area contributed by atoms with Crippen molar-refractivity contribution in [2.45, 2.75) is 13.8 Å². The third-order valence-corrected chi connectivity index (χ3v) is 3.25. The van der Waals surface area contributed by atoms with Gasteiger partial charge in [-0.05, 0) is 26.0 Å². The van der Waals surface area contributed by atoms with Gasteiger partial charge in [-0.25, -0.2) is 14.4 Å². The number of aryl methyl sites for hydroxylation is 1. The van der Waals surface area contributed by atoms with E-state index >= 15 is 0 Å². The molecule has 1 aromatic carbocycles. The van der Waals surface area contributed by atoms with Crippen LogP contribution in [0.2, 0.25) is 0 Å². The van der Waals surface area contributed by atoms with Crippen LogP contribution in [0.1, 0.15) is 18.3 Å². The van der Waals surface area contributed by atoms with E-state index in [2.05, 4.69) is 25.9 Å². The summed E-state index contributed by atoms with van der Waals surface area (Å²) < 4.78 is 13.4. The molecule has 1 heterocycles. The van der Waals surface area contributed by atoms with Crippen molar-refractivity contribution in [2.75, 3.05) is 30.3 Å². The molecule has 1 amide bonds. The Morgan fingerprint density at radius 3 is 2.60 bits per heavy atom. The summed E-state index contributed by atoms with van der Waals surface area (Å²) in [5.41, 5.74) is 0.378. The van der Waals surface area contributed by atoms with Crippen LogP contribution in [0.3, 0.4) is 0 Å². The number of carbonyl (C=O) groups is 1. The lowest BCUT2D eigenvalue weighted by molar-refractivity contribution is -0.116. The number of amides is 1. The number of benzene rings is 1. The lowest BCUT2D eigenvalue weighted by Gasteiger charge is -2.09. The molecule has 25 heavy (non-hydrogen) atoms.